The van der Waals surface area contributed by atoms with Crippen LogP contribution in [0.4, 0.5) is 67.7 Å². The second-order valence-electron chi connectivity index (χ2n) is 26.7. The Morgan fingerprint density at radius 2 is 0.832 bits per heavy atom. The molecule has 0 spiro atoms. The molecule has 11 rings (SSSR count). The molecule has 0 saturated carbocycles. The number of allylic oxidation sites excluding steroid dienone is 8. The third kappa shape index (κ3) is 17.4. The van der Waals surface area contributed by atoms with E-state index in [1.165, 1.54) is 115 Å². The molecular weight excluding hydrogens is 1370 g/mol. The van der Waals surface area contributed by atoms with E-state index in [1.54, 1.807) is 12.1 Å². The summed E-state index contributed by atoms with van der Waals surface area (Å²) in [7, 11) is -10.7. The van der Waals surface area contributed by atoms with Crippen molar-refractivity contribution in [3.63, 3.8) is 0 Å². The van der Waals surface area contributed by atoms with Gasteiger partial charge in [-0.1, -0.05) is 172 Å². The predicted octanol–water partition coefficient (Wildman–Crippen LogP) is 21.3. The fraction of sp³-hybridized carbons (Fsp3) is 0.378. The molecule has 0 aliphatic carbocycles. The van der Waals surface area contributed by atoms with Gasteiger partial charge in [-0.05, 0) is 120 Å². The minimum atomic E-state index is -10.7. The molecular formula is C74H87F12N5O2PSb. The maximum atomic E-state index is 11.6. The summed E-state index contributed by atoms with van der Waals surface area (Å²) in [5.41, 5.74) is 15.3. The Morgan fingerprint density at radius 1 is 0.484 bits per heavy atom. The molecule has 4 aliphatic heterocycles. The monoisotopic (exact) mass is 1460 g/mol. The van der Waals surface area contributed by atoms with E-state index in [1.807, 2.05) is 6.07 Å². The fourth-order valence-corrected chi connectivity index (χ4v) is 14.1. The van der Waals surface area contributed by atoms with Crippen molar-refractivity contribution in [2.45, 2.75) is 156 Å². The number of hydrogen-bond acceptors (Lipinski definition) is 4. The standard InChI is InChI=1S/C39H45N2.C35H42N3O2.F6P.6FH.Sb/c1-7-9-26-40-32-24-22-28-16-11-13-18-30(28)36(32)38(3,4)34(40)20-15-21-35-39(5,6)37-31-19-14-12-17-29(31)23-25-33(37)41(35)27-10-8-2;1-7-9-22-36-29-21-19-26(38(39)40)24-28(29)34(3,4)31(36)16-13-17-32-35(5,6)33-27-15-12-11-14-25(27)18-20-30(33)37(32)23-10-8-2;1-7(2,3,4,5)6;;;;;;;/h11-25H,7-10,26-27H2,1-6H3;11-21,24H,7-10,22-23H2,1-6H3;;6*1H;/q2*+1;-1;;;;;;;+5/p-6. The summed E-state index contributed by atoms with van der Waals surface area (Å²) < 4.78 is 114. The van der Waals surface area contributed by atoms with Crippen molar-refractivity contribution < 1.29 is 58.0 Å². The molecule has 0 amide bonds. The zero-order valence-corrected chi connectivity index (χ0v) is 59.5. The van der Waals surface area contributed by atoms with Crippen molar-refractivity contribution >= 4 is 100 Å². The van der Waals surface area contributed by atoms with Gasteiger partial charge in [0.1, 0.15) is 13.1 Å². The molecule has 0 aromatic heterocycles. The summed E-state index contributed by atoms with van der Waals surface area (Å²) in [5.74, 6) is 0. The minimum absolute atomic E-state index is 0. The number of nitro groups is 1. The number of halogens is 12. The number of benzene rings is 7. The Hall–Kier alpha value is -6.97. The Morgan fingerprint density at radius 3 is 1.22 bits per heavy atom. The van der Waals surface area contributed by atoms with Crippen LogP contribution in [0.2, 0.25) is 0 Å². The van der Waals surface area contributed by atoms with Crippen molar-refractivity contribution in [3.8, 4) is 0 Å². The normalized spacial score (nSPS) is 18.5. The van der Waals surface area contributed by atoms with Crippen molar-refractivity contribution in [2.24, 2.45) is 0 Å². The summed E-state index contributed by atoms with van der Waals surface area (Å²) in [6, 6.07) is 45.6. The quantitative estimate of drug-likeness (QED) is 0.0228. The fourth-order valence-electron chi connectivity index (χ4n) is 14.1. The van der Waals surface area contributed by atoms with Crippen molar-refractivity contribution in [1.29, 1.82) is 0 Å². The Balaban J connectivity index is 0.000000224. The van der Waals surface area contributed by atoms with Gasteiger partial charge in [0.05, 0.1) is 15.8 Å². The molecule has 4 heterocycles. The van der Waals surface area contributed by atoms with E-state index in [-0.39, 0.29) is 37.0 Å². The molecule has 4 aliphatic rings. The third-order valence-corrected chi connectivity index (χ3v) is 18.3. The Labute approximate surface area is 554 Å². The van der Waals surface area contributed by atoms with E-state index in [2.05, 4.69) is 248 Å². The number of anilines is 2. The van der Waals surface area contributed by atoms with Crippen molar-refractivity contribution in [3.05, 3.63) is 208 Å². The number of rotatable bonds is 17. The van der Waals surface area contributed by atoms with Gasteiger partial charge < -0.3 is 14.5 Å². The van der Waals surface area contributed by atoms with E-state index < -0.39 is 28.1 Å². The zero-order valence-electron chi connectivity index (χ0n) is 56.1. The molecule has 95 heavy (non-hydrogen) atoms. The molecule has 0 unspecified atom stereocenters. The second-order valence-corrected chi connectivity index (χ2v) is 32.3. The van der Waals surface area contributed by atoms with Crippen LogP contribution in [0, 0.1) is 10.1 Å². The van der Waals surface area contributed by atoms with Gasteiger partial charge in [0.2, 0.25) is 11.4 Å². The summed E-state index contributed by atoms with van der Waals surface area (Å²) in [5, 5.41) is 19.6. The summed E-state index contributed by atoms with van der Waals surface area (Å²) >= 11 is -9.19. The molecule has 0 N–H and O–H groups in total. The summed E-state index contributed by atoms with van der Waals surface area (Å²) in [6.07, 6.45) is 23.1. The van der Waals surface area contributed by atoms with Gasteiger partial charge in [0.15, 0.2) is 11.4 Å². The van der Waals surface area contributed by atoms with E-state index in [0.29, 0.717) is 0 Å². The van der Waals surface area contributed by atoms with Crippen molar-refractivity contribution in [2.75, 3.05) is 36.0 Å². The van der Waals surface area contributed by atoms with Crippen LogP contribution >= 0.6 is 7.81 Å². The number of fused-ring (bicyclic) bond motifs is 10. The van der Waals surface area contributed by atoms with Crippen LogP contribution in [-0.4, -0.2) is 72.0 Å². The van der Waals surface area contributed by atoms with E-state index in [0.717, 1.165) is 63.1 Å². The van der Waals surface area contributed by atoms with Gasteiger partial charge in [-0.2, -0.15) is 9.15 Å². The molecule has 514 valence electrons. The van der Waals surface area contributed by atoms with Gasteiger partial charge in [-0.25, -0.2) is 0 Å². The van der Waals surface area contributed by atoms with Crippen LogP contribution in [0.1, 0.15) is 157 Å². The Bertz CT molecular complexity index is 4210. The number of hydrogen-bond donors (Lipinski definition) is 0. The van der Waals surface area contributed by atoms with Gasteiger partial charge in [0, 0.05) is 107 Å². The van der Waals surface area contributed by atoms with Crippen LogP contribution < -0.4 is 14.5 Å². The first-order valence-corrected chi connectivity index (χ1v) is 39.1. The molecule has 7 aromatic carbocycles. The molecule has 7 nitrogen and oxygen atoms in total. The second kappa shape index (κ2) is 27.5. The molecule has 21 heteroatoms. The van der Waals surface area contributed by atoms with Crippen LogP contribution in [0.15, 0.2) is 175 Å². The van der Waals surface area contributed by atoms with Crippen LogP contribution in [0.5, 0.6) is 0 Å². The average Bonchev–Trinajstić information content (AvgIpc) is 1.60. The van der Waals surface area contributed by atoms with Gasteiger partial charge in [0.25, 0.3) is 5.69 Å². The van der Waals surface area contributed by atoms with Gasteiger partial charge >= 0.3 is 67.4 Å². The van der Waals surface area contributed by atoms with E-state index >= 15 is 0 Å². The van der Waals surface area contributed by atoms with Crippen LogP contribution in [0.3, 0.4) is 0 Å². The SMILES string of the molecule is CCCCN1C(=CC=CC2=[N+](CCCC)c3ccc4ccccc4c3C2(C)C)C(C)(C)c2c1ccc1ccccc21.CCCCN1C(=CC=CC2=[N+](CCCC)c3ccc4ccccc4c3C2(C)C)C(C)(C)c2cc([N+](=O)[O-])ccc21.F[P-](F)(F)(F)(F)F.[F-].[F][Sb]([F])([F])([F])[F]. The van der Waals surface area contributed by atoms with Crippen LogP contribution in [-0.2, 0) is 21.7 Å². The topological polar surface area (TPSA) is 55.6 Å². The van der Waals surface area contributed by atoms with E-state index in [9.17, 15) is 49.4 Å². The number of nitro benzene ring substituents is 1. The summed E-state index contributed by atoms with van der Waals surface area (Å²) in [6.45, 7) is 31.7. The number of nitrogens with zero attached hydrogens (tertiary/aromatic N) is 5. The first kappa shape index (κ1) is 75.4. The summed E-state index contributed by atoms with van der Waals surface area (Å²) in [4.78, 5) is 16.2. The molecule has 0 saturated heterocycles. The number of unbranched alkanes of at least 4 members (excludes halogenated alkanes) is 4. The average molecular weight is 1460 g/mol. The van der Waals surface area contributed by atoms with E-state index in [4.69, 9.17) is 0 Å². The zero-order chi connectivity index (χ0) is 69.3. The molecule has 0 bridgehead atoms. The van der Waals surface area contributed by atoms with Gasteiger partial charge in [-0.15, -0.1) is 0 Å². The van der Waals surface area contributed by atoms with Crippen LogP contribution in [0.25, 0.3) is 32.3 Å². The molecule has 0 radical (unpaired) electrons. The molecule has 0 fully saturated rings. The molecule has 0 atom stereocenters. The Kier molecular flexibility index (Phi) is 21.8. The third-order valence-electron chi connectivity index (χ3n) is 18.3. The van der Waals surface area contributed by atoms with Gasteiger partial charge in [-0.3, -0.25) is 10.1 Å². The first-order valence-electron chi connectivity index (χ1n) is 32.3. The predicted molar refractivity (Wildman–Crippen MR) is 370 cm³/mol. The first-order chi connectivity index (χ1) is 43.6. The number of non-ortho nitro benzene ring substituents is 1. The van der Waals surface area contributed by atoms with Crippen molar-refractivity contribution in [1.82, 2.24) is 0 Å². The maximum absolute atomic E-state index is 11.6. The molecule has 7 aromatic rings.